The van der Waals surface area contributed by atoms with Crippen molar-refractivity contribution in [2.75, 3.05) is 23.3 Å². The smallest absolute Gasteiger partial charge is 0.171 e. The molecule has 2 N–H and O–H groups in total. The van der Waals surface area contributed by atoms with Crippen LogP contribution in [0.3, 0.4) is 0 Å². The Labute approximate surface area is 179 Å². The molecule has 1 aliphatic heterocycles. The molecule has 1 fully saturated rings. The molecule has 1 aromatic heterocycles. The maximum absolute atomic E-state index is 6.22. The summed E-state index contributed by atoms with van der Waals surface area (Å²) in [5.74, 6) is 1.06. The highest BCUT2D eigenvalue weighted by Crippen LogP contribution is 2.30. The molecule has 2 aromatic carbocycles. The minimum absolute atomic E-state index is 0.309. The Morgan fingerprint density at radius 2 is 1.82 bits per heavy atom. The molecular formula is C21H20Cl2N4S. The van der Waals surface area contributed by atoms with E-state index in [0.717, 1.165) is 31.7 Å². The Morgan fingerprint density at radius 3 is 2.64 bits per heavy atom. The van der Waals surface area contributed by atoms with Gasteiger partial charge in [-0.1, -0.05) is 53.5 Å². The van der Waals surface area contributed by atoms with Crippen LogP contribution in [0.25, 0.3) is 10.8 Å². The molecule has 7 heteroatoms. The van der Waals surface area contributed by atoms with Crippen molar-refractivity contribution in [1.82, 2.24) is 10.3 Å². The predicted molar refractivity (Wildman–Crippen MR) is 123 cm³/mol. The van der Waals surface area contributed by atoms with Crippen LogP contribution in [0.4, 0.5) is 11.5 Å². The molecule has 0 amide bonds. The highest BCUT2D eigenvalue weighted by Gasteiger charge is 2.22. The zero-order chi connectivity index (χ0) is 19.5. The van der Waals surface area contributed by atoms with Crippen LogP contribution >= 0.6 is 35.4 Å². The van der Waals surface area contributed by atoms with Crippen molar-refractivity contribution in [2.24, 2.45) is 0 Å². The zero-order valence-electron chi connectivity index (χ0n) is 15.2. The van der Waals surface area contributed by atoms with Crippen LogP contribution in [0.2, 0.25) is 10.0 Å². The van der Waals surface area contributed by atoms with Crippen LogP contribution in [0.1, 0.15) is 12.8 Å². The van der Waals surface area contributed by atoms with Gasteiger partial charge in [-0.3, -0.25) is 0 Å². The number of anilines is 2. The van der Waals surface area contributed by atoms with Crippen molar-refractivity contribution >= 4 is 62.8 Å². The van der Waals surface area contributed by atoms with Crippen molar-refractivity contribution in [2.45, 2.75) is 18.9 Å². The molecule has 0 atom stereocenters. The van der Waals surface area contributed by atoms with Crippen molar-refractivity contribution < 1.29 is 0 Å². The second-order valence-electron chi connectivity index (χ2n) is 6.82. The number of nitrogens with one attached hydrogen (secondary N) is 2. The van der Waals surface area contributed by atoms with Gasteiger partial charge in [0.15, 0.2) is 5.11 Å². The summed E-state index contributed by atoms with van der Waals surface area (Å²) in [4.78, 5) is 6.98. The maximum Gasteiger partial charge on any atom is 0.171 e. The molecular weight excluding hydrogens is 411 g/mol. The van der Waals surface area contributed by atoms with E-state index in [1.807, 2.05) is 18.3 Å². The summed E-state index contributed by atoms with van der Waals surface area (Å²) in [7, 11) is 0. The molecule has 1 saturated heterocycles. The fourth-order valence-electron chi connectivity index (χ4n) is 3.54. The summed E-state index contributed by atoms with van der Waals surface area (Å²) in [5, 5.41) is 10.5. The summed E-state index contributed by atoms with van der Waals surface area (Å²) in [5.41, 5.74) is 0.712. The summed E-state index contributed by atoms with van der Waals surface area (Å²) in [6.45, 7) is 1.86. The number of rotatable bonds is 3. The van der Waals surface area contributed by atoms with Gasteiger partial charge in [-0.2, -0.15) is 0 Å². The quantitative estimate of drug-likeness (QED) is 0.536. The number of piperidine rings is 1. The average Bonchev–Trinajstić information content (AvgIpc) is 2.72. The molecule has 4 rings (SSSR count). The van der Waals surface area contributed by atoms with Crippen LogP contribution in [0.15, 0.2) is 54.7 Å². The number of aromatic nitrogens is 1. The second kappa shape index (κ2) is 8.52. The van der Waals surface area contributed by atoms with E-state index < -0.39 is 0 Å². The van der Waals surface area contributed by atoms with Gasteiger partial charge < -0.3 is 15.5 Å². The van der Waals surface area contributed by atoms with Crippen molar-refractivity contribution in [3.63, 3.8) is 0 Å². The number of pyridine rings is 1. The first-order chi connectivity index (χ1) is 13.6. The number of hydrogen-bond donors (Lipinski definition) is 2. The fourth-order valence-corrected chi connectivity index (χ4v) is 4.16. The molecule has 4 nitrogen and oxygen atoms in total. The SMILES string of the molecule is S=C(Nc1cccc(Cl)c1Cl)NC1CCN(c2nccc3ccccc23)CC1. The van der Waals surface area contributed by atoms with E-state index in [0.29, 0.717) is 26.9 Å². The van der Waals surface area contributed by atoms with Gasteiger partial charge in [0.25, 0.3) is 0 Å². The van der Waals surface area contributed by atoms with Crippen molar-refractivity contribution in [3.05, 3.63) is 64.8 Å². The molecule has 2 heterocycles. The Balaban J connectivity index is 1.36. The van der Waals surface area contributed by atoms with Gasteiger partial charge in [0.1, 0.15) is 5.82 Å². The second-order valence-corrected chi connectivity index (χ2v) is 8.01. The third-order valence-electron chi connectivity index (χ3n) is 4.98. The first-order valence-electron chi connectivity index (χ1n) is 9.22. The topological polar surface area (TPSA) is 40.2 Å². The van der Waals surface area contributed by atoms with E-state index >= 15 is 0 Å². The number of halogens is 2. The first kappa shape index (κ1) is 19.2. The minimum Gasteiger partial charge on any atom is -0.360 e. The van der Waals surface area contributed by atoms with E-state index in [1.165, 1.54) is 10.8 Å². The van der Waals surface area contributed by atoms with Gasteiger partial charge >= 0.3 is 0 Å². The van der Waals surface area contributed by atoms with Crippen molar-refractivity contribution in [3.8, 4) is 0 Å². The molecule has 28 heavy (non-hydrogen) atoms. The fraction of sp³-hybridized carbons (Fsp3) is 0.238. The van der Waals surface area contributed by atoms with Crippen LogP contribution in [0, 0.1) is 0 Å². The lowest BCUT2D eigenvalue weighted by molar-refractivity contribution is 0.467. The monoisotopic (exact) mass is 430 g/mol. The Bertz CT molecular complexity index is 997. The third kappa shape index (κ3) is 4.17. The highest BCUT2D eigenvalue weighted by atomic mass is 35.5. The molecule has 0 aliphatic carbocycles. The number of fused-ring (bicyclic) bond motifs is 1. The number of nitrogens with zero attached hydrogens (tertiary/aromatic N) is 2. The Kier molecular flexibility index (Phi) is 5.85. The third-order valence-corrected chi connectivity index (χ3v) is 6.02. The minimum atomic E-state index is 0.309. The van der Waals surface area contributed by atoms with Gasteiger partial charge in [-0.05, 0) is 48.6 Å². The lowest BCUT2D eigenvalue weighted by Crippen LogP contribution is -2.46. The standard InChI is InChI=1S/C21H20Cl2N4S/c22-17-6-3-7-18(19(17)23)26-21(28)25-15-9-12-27(13-10-15)20-16-5-2-1-4-14(16)8-11-24-20/h1-8,11,15H,9-10,12-13H2,(H2,25,26,28). The lowest BCUT2D eigenvalue weighted by Gasteiger charge is -2.34. The van der Waals surface area contributed by atoms with Gasteiger partial charge in [0, 0.05) is 30.7 Å². The van der Waals surface area contributed by atoms with Crippen LogP contribution in [-0.4, -0.2) is 29.2 Å². The highest BCUT2D eigenvalue weighted by molar-refractivity contribution is 7.80. The molecule has 0 radical (unpaired) electrons. The predicted octanol–water partition coefficient (Wildman–Crippen LogP) is 5.50. The van der Waals surface area contributed by atoms with Crippen LogP contribution in [-0.2, 0) is 0 Å². The van der Waals surface area contributed by atoms with Crippen molar-refractivity contribution in [1.29, 1.82) is 0 Å². The molecule has 0 saturated carbocycles. The molecule has 1 aliphatic rings. The average molecular weight is 431 g/mol. The lowest BCUT2D eigenvalue weighted by atomic mass is 10.0. The summed E-state index contributed by atoms with van der Waals surface area (Å²) in [6, 6.07) is 16.2. The Morgan fingerprint density at radius 1 is 1.04 bits per heavy atom. The number of thiocarbonyl (C=S) groups is 1. The normalized spacial score (nSPS) is 14.9. The molecule has 0 unspecified atom stereocenters. The largest absolute Gasteiger partial charge is 0.360 e. The van der Waals surface area contributed by atoms with Gasteiger partial charge in [0.2, 0.25) is 0 Å². The number of hydrogen-bond acceptors (Lipinski definition) is 3. The van der Waals surface area contributed by atoms with Crippen LogP contribution < -0.4 is 15.5 Å². The first-order valence-corrected chi connectivity index (χ1v) is 10.4. The summed E-state index contributed by atoms with van der Waals surface area (Å²) < 4.78 is 0. The van der Waals surface area contributed by atoms with Gasteiger partial charge in [0.05, 0.1) is 15.7 Å². The maximum atomic E-state index is 6.22. The van der Waals surface area contributed by atoms with E-state index in [2.05, 4.69) is 50.8 Å². The Hall–Kier alpha value is -2.08. The molecule has 0 bridgehead atoms. The van der Waals surface area contributed by atoms with Crippen LogP contribution in [0.5, 0.6) is 0 Å². The zero-order valence-corrected chi connectivity index (χ0v) is 17.5. The van der Waals surface area contributed by atoms with E-state index in [9.17, 15) is 0 Å². The summed E-state index contributed by atoms with van der Waals surface area (Å²) >= 11 is 17.7. The molecule has 3 aromatic rings. The van der Waals surface area contributed by atoms with E-state index in [1.54, 1.807) is 6.07 Å². The number of benzene rings is 2. The molecule has 0 spiro atoms. The van der Waals surface area contributed by atoms with Gasteiger partial charge in [-0.15, -0.1) is 0 Å². The van der Waals surface area contributed by atoms with E-state index in [-0.39, 0.29) is 0 Å². The van der Waals surface area contributed by atoms with Gasteiger partial charge in [-0.25, -0.2) is 4.98 Å². The molecule has 144 valence electrons. The van der Waals surface area contributed by atoms with E-state index in [4.69, 9.17) is 35.4 Å². The summed E-state index contributed by atoms with van der Waals surface area (Å²) in [6.07, 6.45) is 3.85.